The van der Waals surface area contributed by atoms with Crippen molar-refractivity contribution in [2.45, 2.75) is 25.7 Å². The summed E-state index contributed by atoms with van der Waals surface area (Å²) in [5, 5.41) is 12.2. The second-order valence-electron chi connectivity index (χ2n) is 5.55. The highest BCUT2D eigenvalue weighted by Gasteiger charge is 2.40. The van der Waals surface area contributed by atoms with Crippen molar-refractivity contribution in [1.29, 1.82) is 0 Å². The van der Waals surface area contributed by atoms with Gasteiger partial charge in [-0.1, -0.05) is 30.3 Å². The molecule has 5 nitrogen and oxygen atoms in total. The number of carbonyl (C=O) groups excluding carboxylic acids is 1. The van der Waals surface area contributed by atoms with E-state index in [0.29, 0.717) is 26.1 Å². The molecule has 1 heterocycles. The number of amides is 1. The molecule has 1 aliphatic rings. The van der Waals surface area contributed by atoms with E-state index >= 15 is 0 Å². The molecule has 1 unspecified atom stereocenters. The Morgan fingerprint density at radius 2 is 1.90 bits per heavy atom. The molecule has 1 amide bonds. The van der Waals surface area contributed by atoms with Crippen LogP contribution in [0.2, 0.25) is 0 Å². The lowest BCUT2D eigenvalue weighted by atomic mass is 9.80. The minimum atomic E-state index is -0.898. The molecule has 1 aliphatic heterocycles. The van der Waals surface area contributed by atoms with E-state index in [1.807, 2.05) is 37.3 Å². The van der Waals surface area contributed by atoms with Gasteiger partial charge in [0, 0.05) is 19.8 Å². The fraction of sp³-hybridized carbons (Fsp3) is 0.500. The molecule has 114 valence electrons. The summed E-state index contributed by atoms with van der Waals surface area (Å²) in [6.07, 6.45) is 0.866. The smallest absolute Gasteiger partial charge is 0.311 e. The zero-order valence-electron chi connectivity index (χ0n) is 12.2. The van der Waals surface area contributed by atoms with E-state index in [2.05, 4.69) is 5.32 Å². The van der Waals surface area contributed by atoms with E-state index in [0.717, 1.165) is 5.56 Å². The van der Waals surface area contributed by atoms with Crippen molar-refractivity contribution >= 4 is 11.9 Å². The number of carbonyl (C=O) groups is 2. The molecular weight excluding hydrogens is 270 g/mol. The van der Waals surface area contributed by atoms with Gasteiger partial charge in [-0.2, -0.15) is 0 Å². The van der Waals surface area contributed by atoms with E-state index in [4.69, 9.17) is 4.74 Å². The van der Waals surface area contributed by atoms with E-state index in [1.165, 1.54) is 0 Å². The quantitative estimate of drug-likeness (QED) is 0.867. The molecule has 0 aliphatic carbocycles. The second-order valence-corrected chi connectivity index (χ2v) is 5.55. The number of hydrogen-bond donors (Lipinski definition) is 2. The molecule has 1 aromatic rings. The van der Waals surface area contributed by atoms with Gasteiger partial charge in [-0.25, -0.2) is 0 Å². The summed E-state index contributed by atoms with van der Waals surface area (Å²) in [6, 6.07) is 9.46. The Balaban J connectivity index is 1.97. The zero-order chi connectivity index (χ0) is 15.3. The molecule has 2 rings (SSSR count). The van der Waals surface area contributed by atoms with Gasteiger partial charge in [0.1, 0.15) is 0 Å². The van der Waals surface area contributed by atoms with Crippen LogP contribution in [0.3, 0.4) is 0 Å². The molecule has 0 spiro atoms. The maximum Gasteiger partial charge on any atom is 0.311 e. The maximum absolute atomic E-state index is 12.2. The highest BCUT2D eigenvalue weighted by Crippen LogP contribution is 2.30. The summed E-state index contributed by atoms with van der Waals surface area (Å²) in [7, 11) is 0. The van der Waals surface area contributed by atoms with Crippen LogP contribution in [0.4, 0.5) is 0 Å². The molecule has 5 heteroatoms. The summed E-state index contributed by atoms with van der Waals surface area (Å²) in [5.41, 5.74) is 0.0241. The fourth-order valence-electron chi connectivity index (χ4n) is 2.53. The number of hydrogen-bond acceptors (Lipinski definition) is 3. The summed E-state index contributed by atoms with van der Waals surface area (Å²) < 4.78 is 5.22. The first kappa shape index (κ1) is 15.5. The fourth-order valence-corrected chi connectivity index (χ4v) is 2.53. The Morgan fingerprint density at radius 1 is 1.29 bits per heavy atom. The largest absolute Gasteiger partial charge is 0.481 e. The Kier molecular flexibility index (Phi) is 4.96. The van der Waals surface area contributed by atoms with E-state index in [-0.39, 0.29) is 18.4 Å². The van der Waals surface area contributed by atoms with Crippen molar-refractivity contribution < 1.29 is 19.4 Å². The summed E-state index contributed by atoms with van der Waals surface area (Å²) >= 11 is 0. The van der Waals surface area contributed by atoms with Crippen LogP contribution in [0.5, 0.6) is 0 Å². The number of aliphatic carboxylic acids is 1. The van der Waals surface area contributed by atoms with Gasteiger partial charge >= 0.3 is 5.97 Å². The monoisotopic (exact) mass is 291 g/mol. The Hall–Kier alpha value is -1.88. The van der Waals surface area contributed by atoms with Crippen LogP contribution in [-0.4, -0.2) is 36.7 Å². The maximum atomic E-state index is 12.2. The SMILES string of the molecule is CC(C(=O)NCC1(C(=O)O)CCOCC1)c1ccccc1. The molecule has 0 aromatic heterocycles. The van der Waals surface area contributed by atoms with Gasteiger partial charge in [-0.15, -0.1) is 0 Å². The predicted molar refractivity (Wildman–Crippen MR) is 78.0 cm³/mol. The third kappa shape index (κ3) is 3.61. The first-order valence-electron chi connectivity index (χ1n) is 7.19. The second kappa shape index (κ2) is 6.72. The van der Waals surface area contributed by atoms with Gasteiger partial charge in [0.25, 0.3) is 0 Å². The van der Waals surface area contributed by atoms with E-state index in [1.54, 1.807) is 0 Å². The lowest BCUT2D eigenvalue weighted by Crippen LogP contribution is -2.47. The highest BCUT2D eigenvalue weighted by atomic mass is 16.5. The predicted octanol–water partition coefficient (Wildman–Crippen LogP) is 1.79. The average Bonchev–Trinajstić information content (AvgIpc) is 2.53. The highest BCUT2D eigenvalue weighted by molar-refractivity contribution is 5.84. The van der Waals surface area contributed by atoms with Crippen LogP contribution in [0.25, 0.3) is 0 Å². The molecule has 1 fully saturated rings. The van der Waals surface area contributed by atoms with Gasteiger partial charge in [0.2, 0.25) is 5.91 Å². The van der Waals surface area contributed by atoms with Crippen LogP contribution in [0.1, 0.15) is 31.2 Å². The van der Waals surface area contributed by atoms with Crippen molar-refractivity contribution in [2.24, 2.45) is 5.41 Å². The van der Waals surface area contributed by atoms with Crippen LogP contribution >= 0.6 is 0 Å². The standard InChI is InChI=1S/C16H21NO4/c1-12(13-5-3-2-4-6-13)14(18)17-11-16(15(19)20)7-9-21-10-8-16/h2-6,12H,7-11H2,1H3,(H,17,18)(H,19,20). The Morgan fingerprint density at radius 3 is 2.48 bits per heavy atom. The number of rotatable bonds is 5. The van der Waals surface area contributed by atoms with Crippen LogP contribution in [0, 0.1) is 5.41 Å². The molecule has 21 heavy (non-hydrogen) atoms. The van der Waals surface area contributed by atoms with Crippen molar-refractivity contribution in [3.05, 3.63) is 35.9 Å². The molecule has 1 aromatic carbocycles. The minimum absolute atomic E-state index is 0.145. The van der Waals surface area contributed by atoms with Gasteiger partial charge in [0.05, 0.1) is 11.3 Å². The Labute approximate surface area is 124 Å². The Bertz CT molecular complexity index is 494. The third-order valence-electron chi connectivity index (χ3n) is 4.20. The molecule has 0 saturated carbocycles. The lowest BCUT2D eigenvalue weighted by molar-refractivity contribution is -0.154. The third-order valence-corrected chi connectivity index (χ3v) is 4.20. The van der Waals surface area contributed by atoms with Crippen LogP contribution in [-0.2, 0) is 14.3 Å². The van der Waals surface area contributed by atoms with E-state index in [9.17, 15) is 14.7 Å². The van der Waals surface area contributed by atoms with Crippen LogP contribution in [0.15, 0.2) is 30.3 Å². The number of carboxylic acid groups (broad SMARTS) is 1. The topological polar surface area (TPSA) is 75.6 Å². The van der Waals surface area contributed by atoms with Gasteiger partial charge in [-0.05, 0) is 25.3 Å². The number of ether oxygens (including phenoxy) is 1. The van der Waals surface area contributed by atoms with Gasteiger partial charge in [0.15, 0.2) is 0 Å². The molecule has 0 bridgehead atoms. The molecule has 2 N–H and O–H groups in total. The van der Waals surface area contributed by atoms with Crippen molar-refractivity contribution in [3.63, 3.8) is 0 Å². The summed E-state index contributed by atoms with van der Waals surface area (Å²) in [6.45, 7) is 2.83. The summed E-state index contributed by atoms with van der Waals surface area (Å²) in [5.74, 6) is -1.30. The van der Waals surface area contributed by atoms with Crippen LogP contribution < -0.4 is 5.32 Å². The number of carboxylic acids is 1. The number of nitrogens with one attached hydrogen (secondary N) is 1. The van der Waals surface area contributed by atoms with Crippen molar-refractivity contribution in [3.8, 4) is 0 Å². The lowest BCUT2D eigenvalue weighted by Gasteiger charge is -2.33. The average molecular weight is 291 g/mol. The number of benzene rings is 1. The van der Waals surface area contributed by atoms with E-state index < -0.39 is 11.4 Å². The first-order chi connectivity index (χ1) is 10.1. The van der Waals surface area contributed by atoms with Crippen molar-refractivity contribution in [2.75, 3.05) is 19.8 Å². The summed E-state index contributed by atoms with van der Waals surface area (Å²) in [4.78, 5) is 23.7. The van der Waals surface area contributed by atoms with Gasteiger partial charge < -0.3 is 15.2 Å². The minimum Gasteiger partial charge on any atom is -0.481 e. The van der Waals surface area contributed by atoms with Crippen molar-refractivity contribution in [1.82, 2.24) is 5.32 Å². The molecule has 1 saturated heterocycles. The normalized spacial score (nSPS) is 18.7. The van der Waals surface area contributed by atoms with Gasteiger partial charge in [-0.3, -0.25) is 9.59 Å². The molecule has 0 radical (unpaired) electrons. The zero-order valence-corrected chi connectivity index (χ0v) is 12.2. The molecule has 1 atom stereocenters. The molecular formula is C16H21NO4. The first-order valence-corrected chi connectivity index (χ1v) is 7.19.